The molecule has 1 atom stereocenters. The monoisotopic (exact) mass is 224 g/mol. The molecule has 88 valence electrons. The normalized spacial score (nSPS) is 18.1. The second kappa shape index (κ2) is 4.63. The van der Waals surface area contributed by atoms with Crippen molar-refractivity contribution in [3.63, 3.8) is 0 Å². The van der Waals surface area contributed by atoms with Crippen LogP contribution < -0.4 is 5.73 Å². The lowest BCUT2D eigenvalue weighted by molar-refractivity contribution is -0.138. The number of carboxylic acid groups (broad SMARTS) is 1. The molecule has 0 aliphatic carbocycles. The molecular formula is C10H16N4O2. The Balaban J connectivity index is 1.83. The van der Waals surface area contributed by atoms with Gasteiger partial charge < -0.3 is 15.4 Å². The van der Waals surface area contributed by atoms with Crippen molar-refractivity contribution in [1.29, 1.82) is 0 Å². The van der Waals surface area contributed by atoms with Crippen LogP contribution >= 0.6 is 0 Å². The van der Waals surface area contributed by atoms with Crippen molar-refractivity contribution in [2.45, 2.75) is 25.6 Å². The topological polar surface area (TPSA) is 84.4 Å². The third-order valence-corrected chi connectivity index (χ3v) is 2.90. The van der Waals surface area contributed by atoms with Crippen LogP contribution in [-0.4, -0.2) is 44.7 Å². The zero-order valence-electron chi connectivity index (χ0n) is 9.04. The van der Waals surface area contributed by atoms with E-state index in [1.54, 1.807) is 6.20 Å². The molecule has 3 N–H and O–H groups in total. The van der Waals surface area contributed by atoms with Gasteiger partial charge in [0.15, 0.2) is 0 Å². The largest absolute Gasteiger partial charge is 0.480 e. The zero-order valence-corrected chi connectivity index (χ0v) is 9.04. The first kappa shape index (κ1) is 11.1. The van der Waals surface area contributed by atoms with Gasteiger partial charge >= 0.3 is 5.97 Å². The van der Waals surface area contributed by atoms with Crippen molar-refractivity contribution in [2.75, 3.05) is 13.1 Å². The molecule has 0 aromatic carbocycles. The third-order valence-electron chi connectivity index (χ3n) is 2.90. The van der Waals surface area contributed by atoms with E-state index in [0.717, 1.165) is 25.5 Å². The maximum Gasteiger partial charge on any atom is 0.320 e. The van der Waals surface area contributed by atoms with Crippen LogP contribution in [-0.2, 0) is 17.9 Å². The molecule has 0 amide bonds. The molecule has 0 fully saturated rings. The van der Waals surface area contributed by atoms with Crippen LogP contribution in [0.5, 0.6) is 0 Å². The summed E-state index contributed by atoms with van der Waals surface area (Å²) in [5, 5.41) is 8.68. The number of hydrogen-bond acceptors (Lipinski definition) is 4. The number of carbonyl (C=O) groups is 1. The van der Waals surface area contributed by atoms with E-state index in [0.29, 0.717) is 13.0 Å². The predicted molar refractivity (Wildman–Crippen MR) is 57.7 cm³/mol. The Hall–Kier alpha value is -1.40. The van der Waals surface area contributed by atoms with Gasteiger partial charge in [-0.15, -0.1) is 0 Å². The van der Waals surface area contributed by atoms with E-state index in [1.165, 1.54) is 0 Å². The number of carboxylic acids is 1. The maximum atomic E-state index is 10.6. The van der Waals surface area contributed by atoms with Gasteiger partial charge in [-0.3, -0.25) is 9.69 Å². The molecule has 1 unspecified atom stereocenters. The Kier molecular flexibility index (Phi) is 3.21. The molecule has 0 spiro atoms. The zero-order chi connectivity index (χ0) is 11.5. The lowest BCUT2D eigenvalue weighted by Crippen LogP contribution is -2.39. The first-order valence-electron chi connectivity index (χ1n) is 5.37. The van der Waals surface area contributed by atoms with Gasteiger partial charge in [0.05, 0.1) is 6.54 Å². The number of hydrogen-bond donors (Lipinski definition) is 2. The minimum atomic E-state index is -0.932. The average molecular weight is 224 g/mol. The summed E-state index contributed by atoms with van der Waals surface area (Å²) in [5.41, 5.74) is 5.46. The van der Waals surface area contributed by atoms with Gasteiger partial charge in [0.1, 0.15) is 11.9 Å². The summed E-state index contributed by atoms with van der Waals surface area (Å²) in [7, 11) is 0. The molecule has 2 rings (SSSR count). The Morgan fingerprint density at radius 1 is 1.62 bits per heavy atom. The number of imidazole rings is 1. The molecule has 1 aliphatic heterocycles. The van der Waals surface area contributed by atoms with E-state index < -0.39 is 12.0 Å². The molecule has 6 nitrogen and oxygen atoms in total. The van der Waals surface area contributed by atoms with Crippen molar-refractivity contribution in [2.24, 2.45) is 5.73 Å². The Labute approximate surface area is 93.7 Å². The van der Waals surface area contributed by atoms with Crippen LogP contribution in [0.4, 0.5) is 0 Å². The van der Waals surface area contributed by atoms with E-state index in [-0.39, 0.29) is 0 Å². The molecule has 0 bridgehead atoms. The Morgan fingerprint density at radius 2 is 2.44 bits per heavy atom. The van der Waals surface area contributed by atoms with Gasteiger partial charge in [-0.25, -0.2) is 4.98 Å². The molecule has 1 aromatic heterocycles. The van der Waals surface area contributed by atoms with Crippen molar-refractivity contribution < 1.29 is 9.90 Å². The van der Waals surface area contributed by atoms with Gasteiger partial charge in [-0.05, 0) is 6.42 Å². The van der Waals surface area contributed by atoms with Gasteiger partial charge in [-0.1, -0.05) is 0 Å². The summed E-state index contributed by atoms with van der Waals surface area (Å²) in [6.07, 6.45) is 4.24. The predicted octanol–water partition coefficient (Wildman–Crippen LogP) is -0.499. The number of rotatable bonds is 4. The van der Waals surface area contributed by atoms with Crippen LogP contribution in [0.25, 0.3) is 0 Å². The van der Waals surface area contributed by atoms with E-state index >= 15 is 0 Å². The number of fused-ring (bicyclic) bond motifs is 1. The van der Waals surface area contributed by atoms with Crippen molar-refractivity contribution >= 4 is 5.97 Å². The van der Waals surface area contributed by atoms with Crippen LogP contribution in [0, 0.1) is 0 Å². The van der Waals surface area contributed by atoms with Gasteiger partial charge in [0.25, 0.3) is 0 Å². The fourth-order valence-electron chi connectivity index (χ4n) is 1.86. The van der Waals surface area contributed by atoms with E-state index in [2.05, 4.69) is 14.5 Å². The first-order chi connectivity index (χ1) is 7.66. The standard InChI is InChI=1S/C10H16N4O2/c11-8(10(15)16)1-3-13-5-6-14-4-2-12-9(14)7-13/h2,4,8H,1,3,5-7,11H2,(H,15,16). The van der Waals surface area contributed by atoms with Crippen LogP contribution in [0.3, 0.4) is 0 Å². The highest BCUT2D eigenvalue weighted by atomic mass is 16.4. The number of nitrogens with two attached hydrogens (primary N) is 1. The molecule has 0 saturated carbocycles. The first-order valence-corrected chi connectivity index (χ1v) is 5.37. The highest BCUT2D eigenvalue weighted by Crippen LogP contribution is 2.10. The Bertz CT molecular complexity index is 377. The quantitative estimate of drug-likeness (QED) is 0.720. The van der Waals surface area contributed by atoms with E-state index in [4.69, 9.17) is 10.8 Å². The minimum Gasteiger partial charge on any atom is -0.480 e. The minimum absolute atomic E-state index is 0.482. The Morgan fingerprint density at radius 3 is 3.19 bits per heavy atom. The molecule has 2 heterocycles. The van der Waals surface area contributed by atoms with Gasteiger partial charge in [-0.2, -0.15) is 0 Å². The molecule has 0 saturated heterocycles. The molecule has 16 heavy (non-hydrogen) atoms. The third kappa shape index (κ3) is 2.40. The summed E-state index contributed by atoms with van der Waals surface area (Å²) < 4.78 is 2.12. The van der Waals surface area contributed by atoms with Crippen molar-refractivity contribution in [1.82, 2.24) is 14.5 Å². The number of aliphatic carboxylic acids is 1. The molecule has 6 heteroatoms. The fraction of sp³-hybridized carbons (Fsp3) is 0.600. The summed E-state index contributed by atoms with van der Waals surface area (Å²) in [6.45, 7) is 3.33. The lowest BCUT2D eigenvalue weighted by atomic mass is 10.2. The SMILES string of the molecule is NC(CCN1CCn2ccnc2C1)C(=O)O. The lowest BCUT2D eigenvalue weighted by Gasteiger charge is -2.27. The highest BCUT2D eigenvalue weighted by molar-refractivity contribution is 5.72. The van der Waals surface area contributed by atoms with Gasteiger partial charge in [0.2, 0.25) is 0 Å². The summed E-state index contributed by atoms with van der Waals surface area (Å²) in [4.78, 5) is 17.0. The van der Waals surface area contributed by atoms with Crippen molar-refractivity contribution in [3.05, 3.63) is 18.2 Å². The molecule has 0 radical (unpaired) electrons. The fourth-order valence-corrected chi connectivity index (χ4v) is 1.86. The van der Waals surface area contributed by atoms with Crippen molar-refractivity contribution in [3.8, 4) is 0 Å². The molecule has 1 aromatic rings. The molecule has 1 aliphatic rings. The second-order valence-corrected chi connectivity index (χ2v) is 4.05. The summed E-state index contributed by atoms with van der Waals surface area (Å²) in [5.74, 6) is 0.105. The number of aromatic nitrogens is 2. The van der Waals surface area contributed by atoms with Crippen LogP contribution in [0.2, 0.25) is 0 Å². The average Bonchev–Trinajstić information content (AvgIpc) is 2.72. The highest BCUT2D eigenvalue weighted by Gasteiger charge is 2.18. The van der Waals surface area contributed by atoms with E-state index in [9.17, 15) is 4.79 Å². The van der Waals surface area contributed by atoms with Crippen LogP contribution in [0.15, 0.2) is 12.4 Å². The van der Waals surface area contributed by atoms with E-state index in [1.807, 2.05) is 6.20 Å². The summed E-state index contributed by atoms with van der Waals surface area (Å²) >= 11 is 0. The van der Waals surface area contributed by atoms with Crippen LogP contribution in [0.1, 0.15) is 12.2 Å². The van der Waals surface area contributed by atoms with Gasteiger partial charge in [0, 0.05) is 32.0 Å². The second-order valence-electron chi connectivity index (χ2n) is 4.05. The number of nitrogens with zero attached hydrogens (tertiary/aromatic N) is 3. The maximum absolute atomic E-state index is 10.6. The molecular weight excluding hydrogens is 208 g/mol. The smallest absolute Gasteiger partial charge is 0.320 e. The summed E-state index contributed by atoms with van der Waals surface area (Å²) in [6, 6.07) is -0.762.